The molecule has 0 aliphatic heterocycles. The molecule has 0 atom stereocenters. The summed E-state index contributed by atoms with van der Waals surface area (Å²) in [6, 6.07) is 5.77. The standard InChI is InChI=1S/C7H6IN3/c8-11-4-10-7-5(9)2-1-3-6(7)11/h1-4H,9H2. The molecule has 3 nitrogen and oxygen atoms in total. The number of anilines is 1. The number of nitrogen functional groups attached to an aromatic ring is 1. The lowest BCUT2D eigenvalue weighted by molar-refractivity contribution is 1.31. The minimum absolute atomic E-state index is 0.734. The van der Waals surface area contributed by atoms with Gasteiger partial charge in [0.05, 0.1) is 34.1 Å². The van der Waals surface area contributed by atoms with E-state index in [0.29, 0.717) is 0 Å². The van der Waals surface area contributed by atoms with Gasteiger partial charge in [-0.15, -0.1) is 0 Å². The fourth-order valence-corrected chi connectivity index (χ4v) is 1.55. The van der Waals surface area contributed by atoms with E-state index in [-0.39, 0.29) is 0 Å². The van der Waals surface area contributed by atoms with Crippen LogP contribution in [0.15, 0.2) is 24.5 Å². The van der Waals surface area contributed by atoms with E-state index in [1.807, 2.05) is 21.0 Å². The van der Waals surface area contributed by atoms with Crippen molar-refractivity contribution in [2.45, 2.75) is 0 Å². The third kappa shape index (κ3) is 0.973. The first-order chi connectivity index (χ1) is 5.29. The van der Waals surface area contributed by atoms with Crippen LogP contribution in [-0.2, 0) is 0 Å². The summed E-state index contributed by atoms with van der Waals surface area (Å²) in [6.07, 6.45) is 1.75. The highest BCUT2D eigenvalue weighted by atomic mass is 127. The molecule has 4 heteroatoms. The molecule has 1 aromatic heterocycles. The van der Waals surface area contributed by atoms with E-state index >= 15 is 0 Å². The minimum Gasteiger partial charge on any atom is -0.397 e. The molecule has 1 heterocycles. The summed E-state index contributed by atoms with van der Waals surface area (Å²) in [5.41, 5.74) is 8.36. The van der Waals surface area contributed by atoms with Crippen LogP contribution in [0.2, 0.25) is 0 Å². The van der Waals surface area contributed by atoms with E-state index in [2.05, 4.69) is 27.8 Å². The van der Waals surface area contributed by atoms with Crippen molar-refractivity contribution in [3.63, 3.8) is 0 Å². The Balaban J connectivity index is 2.94. The summed E-state index contributed by atoms with van der Waals surface area (Å²) in [4.78, 5) is 4.15. The predicted molar refractivity (Wildman–Crippen MR) is 53.6 cm³/mol. The van der Waals surface area contributed by atoms with Gasteiger partial charge in [0.15, 0.2) is 0 Å². The number of imidazole rings is 1. The topological polar surface area (TPSA) is 43.8 Å². The number of hydrogen-bond donors (Lipinski definition) is 1. The van der Waals surface area contributed by atoms with Crippen molar-refractivity contribution in [3.05, 3.63) is 24.5 Å². The van der Waals surface area contributed by atoms with Crippen LogP contribution >= 0.6 is 22.9 Å². The molecular weight excluding hydrogens is 253 g/mol. The maximum Gasteiger partial charge on any atom is 0.112 e. The molecule has 11 heavy (non-hydrogen) atoms. The van der Waals surface area contributed by atoms with Crippen molar-refractivity contribution in [2.24, 2.45) is 0 Å². The van der Waals surface area contributed by atoms with Gasteiger partial charge >= 0.3 is 0 Å². The van der Waals surface area contributed by atoms with Crippen LogP contribution in [0.1, 0.15) is 0 Å². The SMILES string of the molecule is Nc1cccc2c1ncn2I. The molecule has 0 radical (unpaired) electrons. The molecule has 56 valence electrons. The number of nitrogens with two attached hydrogens (primary N) is 1. The van der Waals surface area contributed by atoms with Gasteiger partial charge in [0.25, 0.3) is 0 Å². The van der Waals surface area contributed by atoms with E-state index in [4.69, 9.17) is 5.73 Å². The van der Waals surface area contributed by atoms with Crippen molar-refractivity contribution in [2.75, 3.05) is 5.73 Å². The first-order valence-electron chi connectivity index (χ1n) is 3.17. The van der Waals surface area contributed by atoms with Gasteiger partial charge in [0.1, 0.15) is 11.8 Å². The summed E-state index contributed by atoms with van der Waals surface area (Å²) >= 11 is 2.17. The van der Waals surface area contributed by atoms with E-state index in [0.717, 1.165) is 16.7 Å². The van der Waals surface area contributed by atoms with Gasteiger partial charge in [0, 0.05) is 0 Å². The quantitative estimate of drug-likeness (QED) is 0.579. The van der Waals surface area contributed by atoms with Crippen molar-refractivity contribution < 1.29 is 0 Å². The molecular formula is C7H6IN3. The normalized spacial score (nSPS) is 10.6. The molecule has 0 amide bonds. The van der Waals surface area contributed by atoms with Crippen LogP contribution in [0.5, 0.6) is 0 Å². The molecule has 1 aromatic carbocycles. The van der Waals surface area contributed by atoms with Crippen molar-refractivity contribution in [1.82, 2.24) is 7.76 Å². The highest BCUT2D eigenvalue weighted by Gasteiger charge is 2.01. The Morgan fingerprint density at radius 1 is 1.45 bits per heavy atom. The molecule has 0 fully saturated rings. The van der Waals surface area contributed by atoms with Gasteiger partial charge in [-0.05, 0) is 12.1 Å². The van der Waals surface area contributed by atoms with Crippen LogP contribution in [0, 0.1) is 0 Å². The van der Waals surface area contributed by atoms with Crippen molar-refractivity contribution in [1.29, 1.82) is 0 Å². The fraction of sp³-hybridized carbons (Fsp3) is 0. The van der Waals surface area contributed by atoms with Crippen LogP contribution in [0.3, 0.4) is 0 Å². The zero-order valence-electron chi connectivity index (χ0n) is 5.66. The number of rotatable bonds is 0. The predicted octanol–water partition coefficient (Wildman–Crippen LogP) is 1.82. The molecule has 0 spiro atoms. The van der Waals surface area contributed by atoms with Crippen LogP contribution in [-0.4, -0.2) is 7.76 Å². The number of halogens is 1. The van der Waals surface area contributed by atoms with E-state index in [1.54, 1.807) is 6.33 Å². The monoisotopic (exact) mass is 259 g/mol. The van der Waals surface area contributed by atoms with E-state index < -0.39 is 0 Å². The minimum atomic E-state index is 0.734. The third-order valence-electron chi connectivity index (χ3n) is 1.56. The lowest BCUT2D eigenvalue weighted by atomic mass is 10.3. The van der Waals surface area contributed by atoms with Crippen molar-refractivity contribution in [3.8, 4) is 0 Å². The van der Waals surface area contributed by atoms with Gasteiger partial charge in [-0.25, -0.2) is 4.98 Å². The number of aromatic nitrogens is 2. The van der Waals surface area contributed by atoms with Gasteiger partial charge in [0.2, 0.25) is 0 Å². The maximum absolute atomic E-state index is 5.69. The van der Waals surface area contributed by atoms with Crippen LogP contribution in [0.25, 0.3) is 11.0 Å². The molecule has 2 N–H and O–H groups in total. The number of hydrogen-bond acceptors (Lipinski definition) is 2. The largest absolute Gasteiger partial charge is 0.397 e. The summed E-state index contributed by atoms with van der Waals surface area (Å²) in [7, 11) is 0. The van der Waals surface area contributed by atoms with E-state index in [1.165, 1.54) is 0 Å². The van der Waals surface area contributed by atoms with E-state index in [9.17, 15) is 0 Å². The third-order valence-corrected chi connectivity index (χ3v) is 2.33. The molecule has 0 bridgehead atoms. The Bertz CT molecular complexity index is 393. The number of benzene rings is 1. The Hall–Kier alpha value is -0.780. The highest BCUT2D eigenvalue weighted by molar-refractivity contribution is 14.1. The second-order valence-corrected chi connectivity index (χ2v) is 3.31. The molecule has 2 aromatic rings. The van der Waals surface area contributed by atoms with Crippen LogP contribution in [0.4, 0.5) is 5.69 Å². The Morgan fingerprint density at radius 3 is 3.00 bits per heavy atom. The second kappa shape index (κ2) is 2.37. The molecule has 0 aliphatic rings. The summed E-state index contributed by atoms with van der Waals surface area (Å²) in [6.45, 7) is 0. The number of para-hydroxylation sites is 1. The lowest BCUT2D eigenvalue weighted by Crippen LogP contribution is -1.85. The molecule has 0 saturated carbocycles. The average Bonchev–Trinajstić information content (AvgIpc) is 2.35. The average molecular weight is 259 g/mol. The number of nitrogens with zero attached hydrogens (tertiary/aromatic N) is 2. The van der Waals surface area contributed by atoms with Crippen molar-refractivity contribution >= 4 is 39.6 Å². The van der Waals surface area contributed by atoms with Gasteiger partial charge < -0.3 is 5.73 Å². The molecule has 0 unspecified atom stereocenters. The Labute approximate surface area is 77.7 Å². The summed E-state index contributed by atoms with van der Waals surface area (Å²) in [5.74, 6) is 0. The first-order valence-corrected chi connectivity index (χ1v) is 4.13. The zero-order chi connectivity index (χ0) is 7.84. The first kappa shape index (κ1) is 6.90. The Morgan fingerprint density at radius 2 is 2.27 bits per heavy atom. The lowest BCUT2D eigenvalue weighted by Gasteiger charge is -1.93. The molecule has 0 aliphatic carbocycles. The second-order valence-electron chi connectivity index (χ2n) is 2.27. The smallest absolute Gasteiger partial charge is 0.112 e. The maximum atomic E-state index is 5.69. The zero-order valence-corrected chi connectivity index (χ0v) is 7.82. The van der Waals surface area contributed by atoms with Gasteiger partial charge in [-0.3, -0.25) is 2.78 Å². The highest BCUT2D eigenvalue weighted by Crippen LogP contribution is 2.19. The van der Waals surface area contributed by atoms with Gasteiger partial charge in [-0.2, -0.15) is 0 Å². The summed E-state index contributed by atoms with van der Waals surface area (Å²) in [5, 5.41) is 0. The fourth-order valence-electron chi connectivity index (χ4n) is 1.03. The number of fused-ring (bicyclic) bond motifs is 1. The summed E-state index contributed by atoms with van der Waals surface area (Å²) < 4.78 is 1.92. The molecule has 2 rings (SSSR count). The van der Waals surface area contributed by atoms with Crippen LogP contribution < -0.4 is 5.73 Å². The Kier molecular flexibility index (Phi) is 1.49. The van der Waals surface area contributed by atoms with Gasteiger partial charge in [-0.1, -0.05) is 6.07 Å². The molecule has 0 saturated heterocycles.